The average molecular weight is 316 g/mol. The van der Waals surface area contributed by atoms with Crippen LogP contribution in [-0.4, -0.2) is 51.1 Å². The fourth-order valence-corrected chi connectivity index (χ4v) is 3.37. The molecule has 0 radical (unpaired) electrons. The maximum atomic E-state index is 12.6. The van der Waals surface area contributed by atoms with Crippen molar-refractivity contribution in [3.8, 4) is 0 Å². The van der Waals surface area contributed by atoms with Crippen molar-refractivity contribution in [3.05, 3.63) is 0 Å². The molecule has 0 bridgehead atoms. The molecular weight excluding hydrogens is 288 g/mol. The van der Waals surface area contributed by atoms with Crippen LogP contribution in [0.3, 0.4) is 0 Å². The average Bonchev–Trinajstić information content (AvgIpc) is 2.39. The molecular formula is C15H28N2O3S. The van der Waals surface area contributed by atoms with Gasteiger partial charge in [0.05, 0.1) is 0 Å². The SMILES string of the molecule is CCS(=O)CCN1C(=O)C(CC(C)C)NC(=O)C1C(C)C. The van der Waals surface area contributed by atoms with Gasteiger partial charge in [-0.15, -0.1) is 0 Å². The molecule has 3 atom stereocenters. The number of nitrogens with zero attached hydrogens (tertiary/aromatic N) is 1. The highest BCUT2D eigenvalue weighted by molar-refractivity contribution is 7.84. The van der Waals surface area contributed by atoms with Gasteiger partial charge in [-0.05, 0) is 18.3 Å². The first-order valence-corrected chi connectivity index (χ1v) is 9.22. The molecule has 1 aliphatic rings. The zero-order valence-corrected chi connectivity index (χ0v) is 14.5. The lowest BCUT2D eigenvalue weighted by Gasteiger charge is -2.41. The van der Waals surface area contributed by atoms with Crippen LogP contribution in [0.1, 0.15) is 41.0 Å². The Bertz CT molecular complexity index is 410. The minimum absolute atomic E-state index is 0.0323. The summed E-state index contributed by atoms with van der Waals surface area (Å²) < 4.78 is 11.7. The van der Waals surface area contributed by atoms with Gasteiger partial charge < -0.3 is 10.2 Å². The van der Waals surface area contributed by atoms with E-state index in [-0.39, 0.29) is 17.7 Å². The number of amides is 2. The number of hydrogen-bond donors (Lipinski definition) is 1. The van der Waals surface area contributed by atoms with Crippen molar-refractivity contribution < 1.29 is 13.8 Å². The summed E-state index contributed by atoms with van der Waals surface area (Å²) in [6, 6.07) is -0.891. The van der Waals surface area contributed by atoms with Gasteiger partial charge in [0.2, 0.25) is 11.8 Å². The molecule has 1 saturated heterocycles. The molecule has 2 amide bonds. The lowest BCUT2D eigenvalue weighted by Crippen LogP contribution is -2.65. The first-order chi connectivity index (χ1) is 9.77. The van der Waals surface area contributed by atoms with Crippen molar-refractivity contribution in [2.45, 2.75) is 53.1 Å². The monoisotopic (exact) mass is 316 g/mol. The predicted molar refractivity (Wildman–Crippen MR) is 85.3 cm³/mol. The Kier molecular flexibility index (Phi) is 6.84. The molecule has 0 aromatic carbocycles. The Morgan fingerprint density at radius 3 is 2.33 bits per heavy atom. The fraction of sp³-hybridized carbons (Fsp3) is 0.867. The van der Waals surface area contributed by atoms with E-state index < -0.39 is 22.9 Å². The topological polar surface area (TPSA) is 66.5 Å². The summed E-state index contributed by atoms with van der Waals surface area (Å²) in [7, 11) is -0.931. The summed E-state index contributed by atoms with van der Waals surface area (Å²) in [5.74, 6) is 1.28. The normalized spacial score (nSPS) is 24.6. The van der Waals surface area contributed by atoms with Crippen LogP contribution in [-0.2, 0) is 20.4 Å². The Labute approximate surface area is 130 Å². The molecule has 0 saturated carbocycles. The van der Waals surface area contributed by atoms with Gasteiger partial charge in [-0.1, -0.05) is 34.6 Å². The molecule has 0 spiro atoms. The third-order valence-corrected chi connectivity index (χ3v) is 5.00. The van der Waals surface area contributed by atoms with Gasteiger partial charge in [-0.3, -0.25) is 13.8 Å². The minimum Gasteiger partial charge on any atom is -0.342 e. The van der Waals surface area contributed by atoms with Gasteiger partial charge >= 0.3 is 0 Å². The zero-order chi connectivity index (χ0) is 16.2. The van der Waals surface area contributed by atoms with E-state index in [1.54, 1.807) is 4.90 Å². The van der Waals surface area contributed by atoms with Crippen molar-refractivity contribution in [1.82, 2.24) is 10.2 Å². The second-order valence-corrected chi connectivity index (χ2v) is 8.21. The standard InChI is InChI=1S/C15H28N2O3S/c1-6-21(20)8-7-17-13(11(4)5)14(18)16-12(15(17)19)9-10(2)3/h10-13H,6-9H2,1-5H3,(H,16,18). The van der Waals surface area contributed by atoms with Crippen LogP contribution in [0.4, 0.5) is 0 Å². The molecule has 1 heterocycles. The molecule has 21 heavy (non-hydrogen) atoms. The highest BCUT2D eigenvalue weighted by atomic mass is 32.2. The van der Waals surface area contributed by atoms with Gasteiger partial charge in [-0.25, -0.2) is 0 Å². The maximum absolute atomic E-state index is 12.6. The van der Waals surface area contributed by atoms with E-state index in [1.165, 1.54) is 0 Å². The van der Waals surface area contributed by atoms with E-state index in [0.29, 0.717) is 30.4 Å². The van der Waals surface area contributed by atoms with Crippen LogP contribution < -0.4 is 5.32 Å². The molecule has 0 aromatic heterocycles. The zero-order valence-electron chi connectivity index (χ0n) is 13.7. The Morgan fingerprint density at radius 2 is 1.86 bits per heavy atom. The minimum atomic E-state index is -0.931. The Morgan fingerprint density at radius 1 is 1.24 bits per heavy atom. The van der Waals surface area contributed by atoms with Gasteiger partial charge in [0.25, 0.3) is 0 Å². The van der Waals surface area contributed by atoms with Crippen LogP contribution in [0, 0.1) is 11.8 Å². The van der Waals surface area contributed by atoms with E-state index in [0.717, 1.165) is 0 Å². The molecule has 6 heteroatoms. The summed E-state index contributed by atoms with van der Waals surface area (Å²) in [4.78, 5) is 26.6. The first-order valence-electron chi connectivity index (χ1n) is 7.73. The molecule has 122 valence electrons. The largest absolute Gasteiger partial charge is 0.342 e. The molecule has 1 aliphatic heterocycles. The fourth-order valence-electron chi connectivity index (χ4n) is 2.69. The van der Waals surface area contributed by atoms with Gasteiger partial charge in [-0.2, -0.15) is 0 Å². The third-order valence-electron chi connectivity index (χ3n) is 3.72. The number of nitrogens with one attached hydrogen (secondary N) is 1. The Balaban J connectivity index is 2.89. The summed E-state index contributed by atoms with van der Waals surface area (Å²) in [5, 5.41) is 2.85. The highest BCUT2D eigenvalue weighted by Gasteiger charge is 2.41. The summed E-state index contributed by atoms with van der Waals surface area (Å²) in [6.45, 7) is 10.2. The molecule has 0 aromatic rings. The van der Waals surface area contributed by atoms with Crippen molar-refractivity contribution in [1.29, 1.82) is 0 Å². The molecule has 1 rings (SSSR count). The smallest absolute Gasteiger partial charge is 0.245 e. The van der Waals surface area contributed by atoms with Crippen LogP contribution in [0.2, 0.25) is 0 Å². The summed E-state index contributed by atoms with van der Waals surface area (Å²) in [6.07, 6.45) is 0.642. The van der Waals surface area contributed by atoms with Gasteiger partial charge in [0.15, 0.2) is 0 Å². The van der Waals surface area contributed by atoms with Crippen LogP contribution in [0.25, 0.3) is 0 Å². The van der Waals surface area contributed by atoms with E-state index in [1.807, 2.05) is 34.6 Å². The van der Waals surface area contributed by atoms with Gasteiger partial charge in [0.1, 0.15) is 12.1 Å². The molecule has 1 N–H and O–H groups in total. The highest BCUT2D eigenvalue weighted by Crippen LogP contribution is 2.20. The van der Waals surface area contributed by atoms with E-state index in [9.17, 15) is 13.8 Å². The molecule has 3 unspecified atom stereocenters. The molecule has 1 fully saturated rings. The van der Waals surface area contributed by atoms with Crippen molar-refractivity contribution in [2.24, 2.45) is 11.8 Å². The quantitative estimate of drug-likeness (QED) is 0.766. The summed E-state index contributed by atoms with van der Waals surface area (Å²) >= 11 is 0. The van der Waals surface area contributed by atoms with E-state index in [4.69, 9.17) is 0 Å². The number of rotatable bonds is 7. The van der Waals surface area contributed by atoms with E-state index in [2.05, 4.69) is 5.32 Å². The van der Waals surface area contributed by atoms with Crippen molar-refractivity contribution in [2.75, 3.05) is 18.1 Å². The van der Waals surface area contributed by atoms with Gasteiger partial charge in [0, 0.05) is 28.9 Å². The van der Waals surface area contributed by atoms with Crippen LogP contribution in [0.15, 0.2) is 0 Å². The van der Waals surface area contributed by atoms with E-state index >= 15 is 0 Å². The van der Waals surface area contributed by atoms with Crippen molar-refractivity contribution in [3.63, 3.8) is 0 Å². The summed E-state index contributed by atoms with van der Waals surface area (Å²) in [5.41, 5.74) is 0. The maximum Gasteiger partial charge on any atom is 0.245 e. The second-order valence-electron chi connectivity index (χ2n) is 6.34. The third kappa shape index (κ3) is 4.80. The van der Waals surface area contributed by atoms with Crippen molar-refractivity contribution >= 4 is 22.6 Å². The lowest BCUT2D eigenvalue weighted by molar-refractivity contribution is -0.151. The molecule has 0 aliphatic carbocycles. The number of piperazine rings is 1. The number of hydrogen-bond acceptors (Lipinski definition) is 3. The number of carbonyl (C=O) groups is 2. The second kappa shape index (κ2) is 7.92. The molecule has 5 nitrogen and oxygen atoms in total. The predicted octanol–water partition coefficient (Wildman–Crippen LogP) is 1.15. The number of carbonyl (C=O) groups excluding carboxylic acids is 2. The Hall–Kier alpha value is -0.910. The van der Waals surface area contributed by atoms with Crippen LogP contribution >= 0.6 is 0 Å². The lowest BCUT2D eigenvalue weighted by atomic mass is 9.94. The first kappa shape index (κ1) is 18.1. The van der Waals surface area contributed by atoms with Crippen LogP contribution in [0.5, 0.6) is 0 Å².